The van der Waals surface area contributed by atoms with Crippen molar-refractivity contribution < 1.29 is 18.9 Å². The second-order valence-electron chi connectivity index (χ2n) is 7.41. The highest BCUT2D eigenvalue weighted by Crippen LogP contribution is 2.20. The van der Waals surface area contributed by atoms with Gasteiger partial charge in [0.2, 0.25) is 11.8 Å². The van der Waals surface area contributed by atoms with Crippen LogP contribution in [0, 0.1) is 12.8 Å². The quantitative estimate of drug-likeness (QED) is 0.777. The zero-order chi connectivity index (χ0) is 20.8. The number of rotatable bonds is 6. The number of likely N-dealkylation sites (tertiary alicyclic amines) is 1. The number of anilines is 1. The van der Waals surface area contributed by atoms with Gasteiger partial charge in [0.25, 0.3) is 5.91 Å². The number of amides is 3. The third kappa shape index (κ3) is 5.66. The maximum Gasteiger partial charge on any atom is 0.251 e. The van der Waals surface area contributed by atoms with Gasteiger partial charge in [0, 0.05) is 43.1 Å². The number of nitrogens with zero attached hydrogens (tertiary/aromatic N) is 2. The number of benzene rings is 1. The third-order valence-electron chi connectivity index (χ3n) is 4.99. The highest BCUT2D eigenvalue weighted by Gasteiger charge is 2.28. The van der Waals surface area contributed by atoms with Crippen LogP contribution in [0.15, 0.2) is 40.9 Å². The van der Waals surface area contributed by atoms with E-state index in [2.05, 4.69) is 15.8 Å². The molecule has 0 spiro atoms. The number of aromatic nitrogens is 1. The molecule has 0 bridgehead atoms. The smallest absolute Gasteiger partial charge is 0.251 e. The Morgan fingerprint density at radius 3 is 2.52 bits per heavy atom. The molecule has 154 valence electrons. The summed E-state index contributed by atoms with van der Waals surface area (Å²) in [4.78, 5) is 38.8. The normalized spacial score (nSPS) is 15.6. The SMILES string of the molecule is Cc1cc(NC(=O)C2CCN(C(=O)CC(C)NC(=O)c3ccccc3)CC2)no1. The van der Waals surface area contributed by atoms with Crippen LogP contribution in [0.1, 0.15) is 42.3 Å². The predicted molar refractivity (Wildman–Crippen MR) is 107 cm³/mol. The predicted octanol–water partition coefficient (Wildman–Crippen LogP) is 2.37. The lowest BCUT2D eigenvalue weighted by atomic mass is 9.95. The van der Waals surface area contributed by atoms with Crippen molar-refractivity contribution in [2.45, 2.75) is 39.2 Å². The summed E-state index contributed by atoms with van der Waals surface area (Å²) < 4.78 is 4.95. The fourth-order valence-electron chi connectivity index (χ4n) is 3.38. The Kier molecular flexibility index (Phi) is 6.64. The van der Waals surface area contributed by atoms with Crippen molar-refractivity contribution in [2.75, 3.05) is 18.4 Å². The number of piperidine rings is 1. The molecule has 2 heterocycles. The van der Waals surface area contributed by atoms with Gasteiger partial charge in [-0.1, -0.05) is 23.4 Å². The molecule has 2 aromatic rings. The van der Waals surface area contributed by atoms with Crippen molar-refractivity contribution >= 4 is 23.5 Å². The minimum Gasteiger partial charge on any atom is -0.360 e. The van der Waals surface area contributed by atoms with Crippen LogP contribution in [0.4, 0.5) is 5.82 Å². The maximum atomic E-state index is 12.5. The van der Waals surface area contributed by atoms with Crippen LogP contribution in [0.25, 0.3) is 0 Å². The molecule has 8 nitrogen and oxygen atoms in total. The van der Waals surface area contributed by atoms with Gasteiger partial charge in [-0.3, -0.25) is 14.4 Å². The maximum absolute atomic E-state index is 12.5. The number of nitrogens with one attached hydrogen (secondary N) is 2. The van der Waals surface area contributed by atoms with Gasteiger partial charge in [0.05, 0.1) is 0 Å². The Hall–Kier alpha value is -3.16. The van der Waals surface area contributed by atoms with Crippen molar-refractivity contribution in [3.63, 3.8) is 0 Å². The van der Waals surface area contributed by atoms with Gasteiger partial charge in [-0.2, -0.15) is 0 Å². The van der Waals surface area contributed by atoms with Gasteiger partial charge in [0.1, 0.15) is 5.76 Å². The van der Waals surface area contributed by atoms with E-state index in [1.807, 2.05) is 13.0 Å². The summed E-state index contributed by atoms with van der Waals surface area (Å²) in [5.41, 5.74) is 0.570. The summed E-state index contributed by atoms with van der Waals surface area (Å²) in [7, 11) is 0. The van der Waals surface area contributed by atoms with Gasteiger partial charge < -0.3 is 20.1 Å². The van der Waals surface area contributed by atoms with E-state index in [0.717, 1.165) is 0 Å². The molecule has 1 fully saturated rings. The Bertz CT molecular complexity index is 857. The van der Waals surface area contributed by atoms with Crippen molar-refractivity contribution in [1.82, 2.24) is 15.4 Å². The van der Waals surface area contributed by atoms with Crippen molar-refractivity contribution in [3.05, 3.63) is 47.7 Å². The van der Waals surface area contributed by atoms with E-state index in [1.165, 1.54) is 0 Å². The average Bonchev–Trinajstić information content (AvgIpc) is 3.13. The van der Waals surface area contributed by atoms with Crippen molar-refractivity contribution in [2.24, 2.45) is 5.92 Å². The first kappa shape index (κ1) is 20.6. The molecule has 29 heavy (non-hydrogen) atoms. The monoisotopic (exact) mass is 398 g/mol. The van der Waals surface area contributed by atoms with E-state index in [0.29, 0.717) is 43.1 Å². The van der Waals surface area contributed by atoms with E-state index < -0.39 is 0 Å². The molecule has 8 heteroatoms. The molecular weight excluding hydrogens is 372 g/mol. The molecule has 3 rings (SSSR count). The number of hydrogen-bond acceptors (Lipinski definition) is 5. The van der Waals surface area contributed by atoms with Gasteiger partial charge in [0.15, 0.2) is 5.82 Å². The Morgan fingerprint density at radius 1 is 1.21 bits per heavy atom. The first-order chi connectivity index (χ1) is 13.9. The Balaban J connectivity index is 1.42. The van der Waals surface area contributed by atoms with Crippen LogP contribution < -0.4 is 10.6 Å². The lowest BCUT2D eigenvalue weighted by Gasteiger charge is -2.32. The number of hydrogen-bond donors (Lipinski definition) is 2. The molecule has 1 aliphatic rings. The fourth-order valence-corrected chi connectivity index (χ4v) is 3.38. The van der Waals surface area contributed by atoms with Crippen LogP contribution in [0.3, 0.4) is 0 Å². The molecule has 2 N–H and O–H groups in total. The summed E-state index contributed by atoms with van der Waals surface area (Å²) in [6.07, 6.45) is 1.42. The molecule has 3 amide bonds. The molecule has 0 aliphatic carbocycles. The molecule has 0 saturated carbocycles. The zero-order valence-corrected chi connectivity index (χ0v) is 16.7. The number of carbonyl (C=O) groups excluding carboxylic acids is 3. The molecule has 1 atom stereocenters. The highest BCUT2D eigenvalue weighted by molar-refractivity contribution is 5.94. The largest absolute Gasteiger partial charge is 0.360 e. The lowest BCUT2D eigenvalue weighted by Crippen LogP contribution is -2.44. The van der Waals surface area contributed by atoms with Crippen LogP contribution in [-0.4, -0.2) is 46.9 Å². The van der Waals surface area contributed by atoms with Gasteiger partial charge in [-0.15, -0.1) is 0 Å². The molecule has 1 unspecified atom stereocenters. The topological polar surface area (TPSA) is 105 Å². The first-order valence-corrected chi connectivity index (χ1v) is 9.80. The molecule has 0 radical (unpaired) electrons. The van der Waals surface area contributed by atoms with Gasteiger partial charge in [-0.05, 0) is 38.8 Å². The number of aryl methyl sites for hydroxylation is 1. The molecule has 1 saturated heterocycles. The second kappa shape index (κ2) is 9.36. The van der Waals surface area contributed by atoms with Crippen LogP contribution in [0.2, 0.25) is 0 Å². The first-order valence-electron chi connectivity index (χ1n) is 9.80. The average molecular weight is 398 g/mol. The van der Waals surface area contributed by atoms with E-state index >= 15 is 0 Å². The standard InChI is InChI=1S/C21H26N4O4/c1-14(22-20(27)16-6-4-3-5-7-16)12-19(26)25-10-8-17(9-11-25)21(28)23-18-13-15(2)29-24-18/h3-7,13-14,17H,8-12H2,1-2H3,(H,22,27)(H,23,24,28). The second-order valence-corrected chi connectivity index (χ2v) is 7.41. The summed E-state index contributed by atoms with van der Waals surface area (Å²) in [5.74, 6) is 0.574. The lowest BCUT2D eigenvalue weighted by molar-refractivity contribution is -0.134. The summed E-state index contributed by atoms with van der Waals surface area (Å²) in [6, 6.07) is 10.3. The fraction of sp³-hybridized carbons (Fsp3) is 0.429. The van der Waals surface area contributed by atoms with Crippen molar-refractivity contribution in [3.8, 4) is 0 Å². The molecule has 1 aromatic carbocycles. The number of carbonyl (C=O) groups is 3. The summed E-state index contributed by atoms with van der Waals surface area (Å²) in [6.45, 7) is 4.62. The van der Waals surface area contributed by atoms with E-state index in [-0.39, 0.29) is 36.1 Å². The van der Waals surface area contributed by atoms with E-state index in [4.69, 9.17) is 4.52 Å². The molecule has 1 aromatic heterocycles. The Morgan fingerprint density at radius 2 is 1.90 bits per heavy atom. The van der Waals surface area contributed by atoms with Crippen LogP contribution in [0.5, 0.6) is 0 Å². The minimum atomic E-state index is -0.272. The summed E-state index contributed by atoms with van der Waals surface area (Å²) >= 11 is 0. The zero-order valence-electron chi connectivity index (χ0n) is 16.7. The summed E-state index contributed by atoms with van der Waals surface area (Å²) in [5, 5.41) is 9.37. The molecular formula is C21H26N4O4. The van der Waals surface area contributed by atoms with E-state index in [9.17, 15) is 14.4 Å². The van der Waals surface area contributed by atoms with Gasteiger partial charge >= 0.3 is 0 Å². The van der Waals surface area contributed by atoms with Gasteiger partial charge in [-0.25, -0.2) is 0 Å². The van der Waals surface area contributed by atoms with Crippen LogP contribution in [-0.2, 0) is 9.59 Å². The van der Waals surface area contributed by atoms with Crippen molar-refractivity contribution in [1.29, 1.82) is 0 Å². The van der Waals surface area contributed by atoms with E-state index in [1.54, 1.807) is 42.2 Å². The highest BCUT2D eigenvalue weighted by atomic mass is 16.5. The molecule has 1 aliphatic heterocycles. The Labute approximate surface area is 169 Å². The minimum absolute atomic E-state index is 0.0168. The van der Waals surface area contributed by atoms with Crippen LogP contribution >= 0.6 is 0 Å². The third-order valence-corrected chi connectivity index (χ3v) is 4.99.